The number of hydrogen-bond donors (Lipinski definition) is 1. The minimum absolute atomic E-state index is 0.358. The van der Waals surface area contributed by atoms with Crippen LogP contribution in [0.25, 0.3) is 0 Å². The summed E-state index contributed by atoms with van der Waals surface area (Å²) >= 11 is 1.72. The summed E-state index contributed by atoms with van der Waals surface area (Å²) in [6.07, 6.45) is 3.99. The average molecular weight is 274 g/mol. The zero-order chi connectivity index (χ0) is 13.1. The van der Waals surface area contributed by atoms with Crippen LogP contribution in [0.15, 0.2) is 29.9 Å². The third-order valence-corrected chi connectivity index (χ3v) is 4.26. The summed E-state index contributed by atoms with van der Waals surface area (Å²) in [5, 5.41) is 3.57. The van der Waals surface area contributed by atoms with Gasteiger partial charge in [0.1, 0.15) is 5.75 Å². The molecular formula is C15H18N2OS. The second kappa shape index (κ2) is 5.72. The van der Waals surface area contributed by atoms with Crippen molar-refractivity contribution in [2.45, 2.75) is 25.8 Å². The second-order valence-corrected chi connectivity index (χ2v) is 5.72. The van der Waals surface area contributed by atoms with Crippen LogP contribution in [-0.4, -0.2) is 18.1 Å². The molecule has 0 fully saturated rings. The van der Waals surface area contributed by atoms with Crippen molar-refractivity contribution in [2.75, 3.05) is 13.2 Å². The number of aromatic nitrogens is 1. The van der Waals surface area contributed by atoms with Crippen LogP contribution < -0.4 is 10.1 Å². The van der Waals surface area contributed by atoms with Crippen molar-refractivity contribution in [3.05, 3.63) is 45.9 Å². The van der Waals surface area contributed by atoms with E-state index in [4.69, 9.17) is 4.74 Å². The Morgan fingerprint density at radius 2 is 2.42 bits per heavy atom. The number of ether oxygens (including phenoxy) is 1. The fourth-order valence-electron chi connectivity index (χ4n) is 2.52. The van der Waals surface area contributed by atoms with Crippen LogP contribution in [0, 0.1) is 0 Å². The van der Waals surface area contributed by atoms with Crippen molar-refractivity contribution in [3.8, 4) is 5.75 Å². The maximum Gasteiger partial charge on any atom is 0.122 e. The molecule has 3 nitrogen and oxygen atoms in total. The molecule has 1 aromatic heterocycles. The quantitative estimate of drug-likeness (QED) is 0.910. The lowest BCUT2D eigenvalue weighted by molar-refractivity contribution is 0.356. The second-order valence-electron chi connectivity index (χ2n) is 4.75. The third-order valence-electron chi connectivity index (χ3n) is 3.46. The normalized spacial score (nSPS) is 15.0. The van der Waals surface area contributed by atoms with Gasteiger partial charge in [-0.25, -0.2) is 0 Å². The Balaban J connectivity index is 1.83. The SMILES string of the molecule is CCNC(Cc1cncs1)c1ccc2c(c1)CCO2. The molecular weight excluding hydrogens is 256 g/mol. The Kier molecular flexibility index (Phi) is 3.80. The van der Waals surface area contributed by atoms with Gasteiger partial charge in [-0.2, -0.15) is 0 Å². The molecule has 0 bridgehead atoms. The highest BCUT2D eigenvalue weighted by molar-refractivity contribution is 7.09. The Morgan fingerprint density at radius 1 is 1.47 bits per heavy atom. The highest BCUT2D eigenvalue weighted by Gasteiger charge is 2.17. The van der Waals surface area contributed by atoms with Gasteiger partial charge >= 0.3 is 0 Å². The van der Waals surface area contributed by atoms with E-state index in [1.165, 1.54) is 16.0 Å². The largest absolute Gasteiger partial charge is 0.493 e. The maximum absolute atomic E-state index is 5.57. The molecule has 1 aromatic carbocycles. The minimum Gasteiger partial charge on any atom is -0.493 e. The smallest absolute Gasteiger partial charge is 0.122 e. The molecule has 2 heterocycles. The van der Waals surface area contributed by atoms with Crippen molar-refractivity contribution in [1.82, 2.24) is 10.3 Å². The first kappa shape index (κ1) is 12.6. The molecule has 19 heavy (non-hydrogen) atoms. The Labute approximate surface area is 117 Å². The summed E-state index contributed by atoms with van der Waals surface area (Å²) in [7, 11) is 0. The molecule has 1 unspecified atom stereocenters. The van der Waals surface area contributed by atoms with E-state index in [0.717, 1.165) is 31.7 Å². The minimum atomic E-state index is 0.358. The Hall–Kier alpha value is -1.39. The van der Waals surface area contributed by atoms with Crippen molar-refractivity contribution >= 4 is 11.3 Å². The first-order valence-corrected chi connectivity index (χ1v) is 7.61. The number of hydrogen-bond acceptors (Lipinski definition) is 4. The number of benzene rings is 1. The number of nitrogens with one attached hydrogen (secondary N) is 1. The summed E-state index contributed by atoms with van der Waals surface area (Å²) in [6, 6.07) is 6.93. The summed E-state index contributed by atoms with van der Waals surface area (Å²) in [5.74, 6) is 1.05. The van der Waals surface area contributed by atoms with Gasteiger partial charge in [0, 0.05) is 30.0 Å². The molecule has 100 valence electrons. The van der Waals surface area contributed by atoms with Gasteiger partial charge in [-0.05, 0) is 23.7 Å². The Bertz CT molecular complexity index is 539. The Morgan fingerprint density at radius 3 is 3.21 bits per heavy atom. The van der Waals surface area contributed by atoms with E-state index in [9.17, 15) is 0 Å². The van der Waals surface area contributed by atoms with Crippen LogP contribution in [0.2, 0.25) is 0 Å². The molecule has 0 amide bonds. The van der Waals surface area contributed by atoms with Crippen LogP contribution in [0.3, 0.4) is 0 Å². The zero-order valence-electron chi connectivity index (χ0n) is 11.1. The summed E-state index contributed by atoms with van der Waals surface area (Å²) < 4.78 is 5.57. The van der Waals surface area contributed by atoms with E-state index in [1.54, 1.807) is 11.3 Å². The predicted octanol–water partition coefficient (Wildman–Crippen LogP) is 2.97. The molecule has 1 aliphatic heterocycles. The standard InChI is InChI=1S/C15H18N2OS/c1-2-17-14(8-13-9-16-10-19-13)11-3-4-15-12(7-11)5-6-18-15/h3-4,7,9-10,14,17H,2,5-6,8H2,1H3. The molecule has 0 spiro atoms. The van der Waals surface area contributed by atoms with E-state index < -0.39 is 0 Å². The first-order chi connectivity index (χ1) is 9.36. The van der Waals surface area contributed by atoms with Crippen molar-refractivity contribution < 1.29 is 4.74 Å². The number of fused-ring (bicyclic) bond motifs is 1. The molecule has 0 saturated heterocycles. The molecule has 0 saturated carbocycles. The van der Waals surface area contributed by atoms with Gasteiger partial charge in [0.05, 0.1) is 12.1 Å². The molecule has 4 heteroatoms. The van der Waals surface area contributed by atoms with E-state index >= 15 is 0 Å². The molecule has 3 rings (SSSR count). The van der Waals surface area contributed by atoms with E-state index in [2.05, 4.69) is 35.4 Å². The van der Waals surface area contributed by atoms with Gasteiger partial charge in [-0.1, -0.05) is 19.1 Å². The fourth-order valence-corrected chi connectivity index (χ4v) is 3.16. The van der Waals surface area contributed by atoms with Crippen LogP contribution in [-0.2, 0) is 12.8 Å². The van der Waals surface area contributed by atoms with Gasteiger partial charge in [0.25, 0.3) is 0 Å². The summed E-state index contributed by atoms with van der Waals surface area (Å²) in [4.78, 5) is 5.48. The lowest BCUT2D eigenvalue weighted by atomic mass is 9.99. The van der Waals surface area contributed by atoms with Crippen LogP contribution in [0.5, 0.6) is 5.75 Å². The summed E-state index contributed by atoms with van der Waals surface area (Å²) in [6.45, 7) is 3.94. The highest BCUT2D eigenvalue weighted by Crippen LogP contribution is 2.29. The van der Waals surface area contributed by atoms with E-state index in [1.807, 2.05) is 11.7 Å². The fraction of sp³-hybridized carbons (Fsp3) is 0.400. The monoisotopic (exact) mass is 274 g/mol. The number of nitrogens with zero attached hydrogens (tertiary/aromatic N) is 1. The molecule has 1 N–H and O–H groups in total. The van der Waals surface area contributed by atoms with Crippen molar-refractivity contribution in [3.63, 3.8) is 0 Å². The van der Waals surface area contributed by atoms with Crippen LogP contribution in [0.4, 0.5) is 0 Å². The van der Waals surface area contributed by atoms with Gasteiger partial charge in [-0.15, -0.1) is 11.3 Å². The predicted molar refractivity (Wildman–Crippen MR) is 77.9 cm³/mol. The van der Waals surface area contributed by atoms with E-state index in [-0.39, 0.29) is 0 Å². The lowest BCUT2D eigenvalue weighted by Crippen LogP contribution is -2.22. The molecule has 1 aliphatic rings. The van der Waals surface area contributed by atoms with Gasteiger partial charge in [0.15, 0.2) is 0 Å². The molecule has 0 aliphatic carbocycles. The zero-order valence-corrected chi connectivity index (χ0v) is 11.9. The number of rotatable bonds is 5. The van der Waals surface area contributed by atoms with Crippen molar-refractivity contribution in [1.29, 1.82) is 0 Å². The molecule has 0 radical (unpaired) electrons. The first-order valence-electron chi connectivity index (χ1n) is 6.73. The van der Waals surface area contributed by atoms with Crippen LogP contribution >= 0.6 is 11.3 Å². The maximum atomic E-state index is 5.57. The van der Waals surface area contributed by atoms with Crippen molar-refractivity contribution in [2.24, 2.45) is 0 Å². The van der Waals surface area contributed by atoms with Gasteiger partial charge in [-0.3, -0.25) is 4.98 Å². The van der Waals surface area contributed by atoms with Gasteiger partial charge < -0.3 is 10.1 Å². The molecule has 1 atom stereocenters. The highest BCUT2D eigenvalue weighted by atomic mass is 32.1. The van der Waals surface area contributed by atoms with Crippen LogP contribution in [0.1, 0.15) is 29.0 Å². The lowest BCUT2D eigenvalue weighted by Gasteiger charge is -2.18. The van der Waals surface area contributed by atoms with E-state index in [0.29, 0.717) is 6.04 Å². The summed E-state index contributed by atoms with van der Waals surface area (Å²) in [5.41, 5.74) is 4.58. The molecule has 2 aromatic rings. The third kappa shape index (κ3) is 2.80. The topological polar surface area (TPSA) is 34.2 Å². The number of thiazole rings is 1. The average Bonchev–Trinajstić information content (AvgIpc) is 3.08. The van der Waals surface area contributed by atoms with Gasteiger partial charge in [0.2, 0.25) is 0 Å². The number of likely N-dealkylation sites (N-methyl/N-ethyl adjacent to an activating group) is 1.